The molecular formula is C20H20BrN3O2. The average Bonchev–Trinajstić information content (AvgIpc) is 3.08. The maximum atomic E-state index is 11.7. The van der Waals surface area contributed by atoms with Crippen molar-refractivity contribution in [2.24, 2.45) is 0 Å². The van der Waals surface area contributed by atoms with E-state index in [1.807, 2.05) is 61.5 Å². The molecule has 2 aromatic carbocycles. The second-order valence-corrected chi connectivity index (χ2v) is 7.00. The lowest BCUT2D eigenvalue weighted by Crippen LogP contribution is -2.13. The molecule has 1 N–H and O–H groups in total. The maximum Gasteiger partial charge on any atom is 0.314 e. The second kappa shape index (κ2) is 8.27. The van der Waals surface area contributed by atoms with Gasteiger partial charge < -0.3 is 5.11 Å². The topological polar surface area (TPSA) is 68.0 Å². The van der Waals surface area contributed by atoms with Crippen LogP contribution in [0.5, 0.6) is 0 Å². The molecule has 0 bridgehead atoms. The number of hydrogen-bond acceptors (Lipinski definition) is 3. The van der Waals surface area contributed by atoms with Gasteiger partial charge in [-0.15, -0.1) is 5.10 Å². The summed E-state index contributed by atoms with van der Waals surface area (Å²) in [5.41, 5.74) is 1.74. The highest BCUT2D eigenvalue weighted by atomic mass is 79.9. The molecule has 1 atom stereocenters. The van der Waals surface area contributed by atoms with E-state index < -0.39 is 11.9 Å². The van der Waals surface area contributed by atoms with E-state index in [-0.39, 0.29) is 0 Å². The first-order chi connectivity index (χ1) is 12.6. The minimum Gasteiger partial charge on any atom is -0.481 e. The number of carboxylic acids is 1. The third-order valence-corrected chi connectivity index (χ3v) is 4.71. The second-order valence-electron chi connectivity index (χ2n) is 6.08. The Hall–Kier alpha value is -2.47. The molecular weight excluding hydrogens is 394 g/mol. The highest BCUT2D eigenvalue weighted by molar-refractivity contribution is 9.10. The van der Waals surface area contributed by atoms with E-state index >= 15 is 0 Å². The van der Waals surface area contributed by atoms with E-state index in [0.717, 1.165) is 28.6 Å². The lowest BCUT2D eigenvalue weighted by Gasteiger charge is -2.07. The third kappa shape index (κ3) is 4.02. The molecule has 0 radical (unpaired) electrons. The number of benzene rings is 2. The molecule has 6 heteroatoms. The molecule has 5 nitrogen and oxygen atoms in total. The molecule has 0 spiro atoms. The molecule has 3 aromatic rings. The first-order valence-electron chi connectivity index (χ1n) is 8.61. The van der Waals surface area contributed by atoms with Crippen molar-refractivity contribution in [1.29, 1.82) is 0 Å². The molecule has 3 rings (SSSR count). The Kier molecular flexibility index (Phi) is 5.83. The molecule has 0 amide bonds. The van der Waals surface area contributed by atoms with Crippen LogP contribution < -0.4 is 0 Å². The van der Waals surface area contributed by atoms with Crippen molar-refractivity contribution in [1.82, 2.24) is 14.8 Å². The summed E-state index contributed by atoms with van der Waals surface area (Å²) < 4.78 is 2.69. The number of rotatable bonds is 7. The monoisotopic (exact) mass is 413 g/mol. The Balaban J connectivity index is 2.10. The van der Waals surface area contributed by atoms with Gasteiger partial charge in [0.1, 0.15) is 5.92 Å². The first kappa shape index (κ1) is 18.3. The van der Waals surface area contributed by atoms with Crippen molar-refractivity contribution >= 4 is 21.9 Å². The van der Waals surface area contributed by atoms with E-state index in [9.17, 15) is 9.90 Å². The summed E-state index contributed by atoms with van der Waals surface area (Å²) in [6, 6.07) is 17.4. The minimum absolute atomic E-state index is 0.354. The lowest BCUT2D eigenvalue weighted by atomic mass is 10.0. The predicted molar refractivity (Wildman–Crippen MR) is 104 cm³/mol. The van der Waals surface area contributed by atoms with Crippen LogP contribution in [0.15, 0.2) is 59.1 Å². The molecule has 0 aliphatic rings. The average molecular weight is 414 g/mol. The van der Waals surface area contributed by atoms with Gasteiger partial charge >= 0.3 is 5.97 Å². The number of carbonyl (C=O) groups is 1. The predicted octanol–water partition coefficient (Wildman–Crippen LogP) is 5.06. The zero-order valence-electron chi connectivity index (χ0n) is 14.5. The standard InChI is InChI=1S/C20H20BrN3O2/c1-2-3-9-17(20(25)26)18-22-19(14-10-12-15(21)13-11-14)24(23-18)16-7-5-4-6-8-16/h4-8,10-13,17H,2-3,9H2,1H3,(H,25,26)/t17-/m0/s1. The molecule has 1 aromatic heterocycles. The minimum atomic E-state index is -0.883. The quantitative estimate of drug-likeness (QED) is 0.587. The number of halogens is 1. The van der Waals surface area contributed by atoms with E-state index in [2.05, 4.69) is 26.0 Å². The third-order valence-electron chi connectivity index (χ3n) is 4.18. The fraction of sp³-hybridized carbons (Fsp3) is 0.250. The Morgan fingerprint density at radius 2 is 1.85 bits per heavy atom. The summed E-state index contributed by atoms with van der Waals surface area (Å²) in [5, 5.41) is 14.2. The first-order valence-corrected chi connectivity index (χ1v) is 9.40. The normalized spacial score (nSPS) is 12.1. The summed E-state index contributed by atoms with van der Waals surface area (Å²) >= 11 is 3.44. The van der Waals surface area contributed by atoms with Gasteiger partial charge in [-0.2, -0.15) is 0 Å². The van der Waals surface area contributed by atoms with Gasteiger partial charge in [0.25, 0.3) is 0 Å². The molecule has 0 fully saturated rings. The van der Waals surface area contributed by atoms with Crippen LogP contribution in [0.1, 0.15) is 37.9 Å². The fourth-order valence-corrected chi connectivity index (χ4v) is 3.05. The Morgan fingerprint density at radius 1 is 1.15 bits per heavy atom. The van der Waals surface area contributed by atoms with Crippen molar-refractivity contribution in [3.05, 3.63) is 64.9 Å². The van der Waals surface area contributed by atoms with E-state index in [4.69, 9.17) is 0 Å². The molecule has 0 saturated heterocycles. The van der Waals surface area contributed by atoms with Crippen LogP contribution in [0.4, 0.5) is 0 Å². The van der Waals surface area contributed by atoms with Gasteiger partial charge in [0, 0.05) is 10.0 Å². The van der Waals surface area contributed by atoms with Crippen LogP contribution in [0, 0.1) is 0 Å². The number of hydrogen-bond donors (Lipinski definition) is 1. The van der Waals surface area contributed by atoms with Gasteiger partial charge in [-0.3, -0.25) is 4.79 Å². The van der Waals surface area contributed by atoms with Crippen molar-refractivity contribution in [2.75, 3.05) is 0 Å². The smallest absolute Gasteiger partial charge is 0.314 e. The van der Waals surface area contributed by atoms with Crippen molar-refractivity contribution < 1.29 is 9.90 Å². The summed E-state index contributed by atoms with van der Waals surface area (Å²) in [6.45, 7) is 2.04. The van der Waals surface area contributed by atoms with E-state index in [1.165, 1.54) is 0 Å². The molecule has 0 saturated carbocycles. The van der Waals surface area contributed by atoms with Gasteiger partial charge in [-0.25, -0.2) is 9.67 Å². The van der Waals surface area contributed by atoms with Crippen LogP contribution in [0.2, 0.25) is 0 Å². The SMILES string of the molecule is CCCC[C@H](C(=O)O)c1nc(-c2ccc(Br)cc2)n(-c2ccccc2)n1. The number of para-hydroxylation sites is 1. The molecule has 0 aliphatic carbocycles. The van der Waals surface area contributed by atoms with Gasteiger partial charge in [0.2, 0.25) is 0 Å². The molecule has 0 aliphatic heterocycles. The number of nitrogens with zero attached hydrogens (tertiary/aromatic N) is 3. The zero-order chi connectivity index (χ0) is 18.5. The van der Waals surface area contributed by atoms with Gasteiger partial charge in [0.15, 0.2) is 11.6 Å². The number of aromatic nitrogens is 3. The largest absolute Gasteiger partial charge is 0.481 e. The Bertz CT molecular complexity index is 876. The van der Waals surface area contributed by atoms with Gasteiger partial charge in [-0.05, 0) is 30.7 Å². The number of aliphatic carboxylic acids is 1. The van der Waals surface area contributed by atoms with Gasteiger partial charge in [0.05, 0.1) is 5.69 Å². The number of carboxylic acid groups (broad SMARTS) is 1. The van der Waals surface area contributed by atoms with Crippen molar-refractivity contribution in [2.45, 2.75) is 32.1 Å². The highest BCUT2D eigenvalue weighted by Gasteiger charge is 2.26. The summed E-state index contributed by atoms with van der Waals surface area (Å²) in [5.74, 6) is -0.589. The molecule has 1 heterocycles. The lowest BCUT2D eigenvalue weighted by molar-refractivity contribution is -0.139. The number of unbranched alkanes of at least 4 members (excludes halogenated alkanes) is 1. The van der Waals surface area contributed by atoms with E-state index in [0.29, 0.717) is 18.1 Å². The van der Waals surface area contributed by atoms with Crippen LogP contribution in [-0.4, -0.2) is 25.8 Å². The molecule has 26 heavy (non-hydrogen) atoms. The maximum absolute atomic E-state index is 11.7. The zero-order valence-corrected chi connectivity index (χ0v) is 16.1. The molecule has 134 valence electrons. The van der Waals surface area contributed by atoms with E-state index in [1.54, 1.807) is 4.68 Å². The fourth-order valence-electron chi connectivity index (χ4n) is 2.78. The van der Waals surface area contributed by atoms with Crippen LogP contribution in [0.25, 0.3) is 17.1 Å². The Labute approximate surface area is 160 Å². The van der Waals surface area contributed by atoms with Crippen molar-refractivity contribution in [3.8, 4) is 17.1 Å². The molecule has 0 unspecified atom stereocenters. The van der Waals surface area contributed by atoms with Crippen LogP contribution in [0.3, 0.4) is 0 Å². The highest BCUT2D eigenvalue weighted by Crippen LogP contribution is 2.27. The van der Waals surface area contributed by atoms with Crippen LogP contribution in [-0.2, 0) is 4.79 Å². The summed E-state index contributed by atoms with van der Waals surface area (Å²) in [4.78, 5) is 16.4. The van der Waals surface area contributed by atoms with Gasteiger partial charge in [-0.1, -0.05) is 66.0 Å². The summed E-state index contributed by atoms with van der Waals surface area (Å²) in [7, 11) is 0. The van der Waals surface area contributed by atoms with Crippen LogP contribution >= 0.6 is 15.9 Å². The Morgan fingerprint density at radius 3 is 2.46 bits per heavy atom. The summed E-state index contributed by atoms with van der Waals surface area (Å²) in [6.07, 6.45) is 2.29. The van der Waals surface area contributed by atoms with Crippen molar-refractivity contribution in [3.63, 3.8) is 0 Å².